The summed E-state index contributed by atoms with van der Waals surface area (Å²) in [6.07, 6.45) is -0.209. The average Bonchev–Trinajstić information content (AvgIpc) is 2.94. The van der Waals surface area contributed by atoms with Gasteiger partial charge in [0.1, 0.15) is 11.2 Å². The molecule has 3 heterocycles. The van der Waals surface area contributed by atoms with Gasteiger partial charge in [-0.05, 0) is 38.8 Å². The van der Waals surface area contributed by atoms with Crippen LogP contribution in [-0.4, -0.2) is 33.3 Å². The maximum absolute atomic E-state index is 13.4. The molecule has 26 heavy (non-hydrogen) atoms. The van der Waals surface area contributed by atoms with E-state index < -0.39 is 11.4 Å². The molecule has 0 bridgehead atoms. The summed E-state index contributed by atoms with van der Waals surface area (Å²) in [5, 5.41) is 3.85. The summed E-state index contributed by atoms with van der Waals surface area (Å²) in [4.78, 5) is 32.6. The smallest absolute Gasteiger partial charge is 0.271 e. The Morgan fingerprint density at radius 1 is 1.15 bits per heavy atom. The van der Waals surface area contributed by atoms with Gasteiger partial charge in [0.2, 0.25) is 5.91 Å². The Balaban J connectivity index is 2.02. The number of amides is 2. The largest absolute Gasteiger partial charge is 0.330 e. The first kappa shape index (κ1) is 17.0. The van der Waals surface area contributed by atoms with Gasteiger partial charge < -0.3 is 10.1 Å². The van der Waals surface area contributed by atoms with Gasteiger partial charge in [-0.1, -0.05) is 32.0 Å². The van der Waals surface area contributed by atoms with Crippen LogP contribution < -0.4 is 5.32 Å². The lowest BCUT2D eigenvalue weighted by atomic mass is 9.87. The van der Waals surface area contributed by atoms with Gasteiger partial charge in [-0.2, -0.15) is 0 Å². The number of nitrogens with one attached hydrogen (secondary N) is 1. The highest BCUT2D eigenvalue weighted by molar-refractivity contribution is 6.08. The quantitative estimate of drug-likeness (QED) is 0.921. The van der Waals surface area contributed by atoms with Crippen LogP contribution in [0, 0.1) is 5.92 Å². The fraction of sp³-hybridized carbons (Fsp3) is 0.450. The van der Waals surface area contributed by atoms with Gasteiger partial charge >= 0.3 is 0 Å². The Kier molecular flexibility index (Phi) is 3.44. The van der Waals surface area contributed by atoms with E-state index in [1.165, 1.54) is 0 Å². The van der Waals surface area contributed by atoms with Crippen molar-refractivity contribution >= 4 is 22.7 Å². The van der Waals surface area contributed by atoms with Crippen molar-refractivity contribution in [3.05, 3.63) is 41.6 Å². The third kappa shape index (κ3) is 1.93. The molecular weight excluding hydrogens is 330 g/mol. The molecule has 2 aliphatic rings. The fourth-order valence-electron chi connectivity index (χ4n) is 3.94. The van der Waals surface area contributed by atoms with E-state index in [-0.39, 0.29) is 23.8 Å². The molecule has 2 aliphatic heterocycles. The van der Waals surface area contributed by atoms with Crippen LogP contribution >= 0.6 is 0 Å². The van der Waals surface area contributed by atoms with Crippen LogP contribution in [0.4, 0.5) is 0 Å². The summed E-state index contributed by atoms with van der Waals surface area (Å²) in [5.74, 6) is -1.90. The Morgan fingerprint density at radius 3 is 2.50 bits per heavy atom. The number of hydrogen-bond donors (Lipinski definition) is 1. The molecule has 0 spiro atoms. The topological polar surface area (TPSA) is 71.5 Å². The highest BCUT2D eigenvalue weighted by atomic mass is 16.5. The van der Waals surface area contributed by atoms with Gasteiger partial charge in [-0.15, -0.1) is 0 Å². The first-order chi connectivity index (χ1) is 12.2. The standard InChI is InChI=1S/C20H23N3O3/c1-11(2)19(5)18(25)22-20(26-12(3)4)16-14(17(24)23(19)20)10-13-8-6-7-9-15(13)21-16/h6-12H,1-5H3,(H,22,25). The molecule has 1 saturated heterocycles. The van der Waals surface area contributed by atoms with Crippen molar-refractivity contribution in [3.8, 4) is 0 Å². The van der Waals surface area contributed by atoms with Crippen LogP contribution in [-0.2, 0) is 15.4 Å². The summed E-state index contributed by atoms with van der Waals surface area (Å²) in [6.45, 7) is 9.43. The molecular formula is C20H23N3O3. The second-order valence-corrected chi connectivity index (χ2v) is 7.78. The van der Waals surface area contributed by atoms with Crippen LogP contribution in [0.3, 0.4) is 0 Å². The molecule has 2 amide bonds. The third-order valence-electron chi connectivity index (χ3n) is 5.53. The van der Waals surface area contributed by atoms with E-state index in [1.54, 1.807) is 11.8 Å². The Morgan fingerprint density at radius 2 is 1.85 bits per heavy atom. The first-order valence-electron chi connectivity index (χ1n) is 8.97. The highest BCUT2D eigenvalue weighted by Gasteiger charge is 2.68. The van der Waals surface area contributed by atoms with E-state index in [9.17, 15) is 9.59 Å². The van der Waals surface area contributed by atoms with Crippen molar-refractivity contribution < 1.29 is 14.3 Å². The molecule has 4 rings (SSSR count). The summed E-state index contributed by atoms with van der Waals surface area (Å²) in [5.41, 5.74) is 0.697. The number of benzene rings is 1. The molecule has 6 nitrogen and oxygen atoms in total. The molecule has 0 saturated carbocycles. The number of para-hydroxylation sites is 1. The van der Waals surface area contributed by atoms with E-state index in [4.69, 9.17) is 9.72 Å². The minimum absolute atomic E-state index is 0.0900. The van der Waals surface area contributed by atoms with Gasteiger partial charge in [-0.3, -0.25) is 14.5 Å². The minimum Gasteiger partial charge on any atom is -0.330 e. The highest BCUT2D eigenvalue weighted by Crippen LogP contribution is 2.49. The van der Waals surface area contributed by atoms with Crippen molar-refractivity contribution in [1.82, 2.24) is 15.2 Å². The predicted molar refractivity (Wildman–Crippen MR) is 97.2 cm³/mol. The van der Waals surface area contributed by atoms with E-state index in [1.807, 2.05) is 58.0 Å². The van der Waals surface area contributed by atoms with Crippen LogP contribution in [0.15, 0.2) is 30.3 Å². The second-order valence-electron chi connectivity index (χ2n) is 7.78. The van der Waals surface area contributed by atoms with Gasteiger partial charge in [0.15, 0.2) is 0 Å². The van der Waals surface area contributed by atoms with Crippen LogP contribution in [0.2, 0.25) is 0 Å². The maximum Gasteiger partial charge on any atom is 0.271 e. The lowest BCUT2D eigenvalue weighted by Crippen LogP contribution is -2.56. The van der Waals surface area contributed by atoms with Crippen molar-refractivity contribution in [1.29, 1.82) is 0 Å². The summed E-state index contributed by atoms with van der Waals surface area (Å²) < 4.78 is 6.20. The lowest BCUT2D eigenvalue weighted by Gasteiger charge is -2.40. The van der Waals surface area contributed by atoms with E-state index in [0.717, 1.165) is 10.9 Å². The Hall–Kier alpha value is -2.47. The number of ether oxygens (including phenoxy) is 1. The number of hydrogen-bond acceptors (Lipinski definition) is 4. The number of pyridine rings is 1. The van der Waals surface area contributed by atoms with Crippen molar-refractivity contribution in [2.45, 2.75) is 52.1 Å². The van der Waals surface area contributed by atoms with Crippen molar-refractivity contribution in [2.75, 3.05) is 0 Å². The average molecular weight is 353 g/mol. The molecule has 1 aromatic heterocycles. The third-order valence-corrected chi connectivity index (χ3v) is 5.53. The van der Waals surface area contributed by atoms with Crippen molar-refractivity contribution in [3.63, 3.8) is 0 Å². The maximum atomic E-state index is 13.4. The normalized spacial score (nSPS) is 27.4. The zero-order valence-electron chi connectivity index (χ0n) is 15.7. The van der Waals surface area contributed by atoms with Gasteiger partial charge in [0, 0.05) is 5.39 Å². The number of nitrogens with zero attached hydrogens (tertiary/aromatic N) is 2. The van der Waals surface area contributed by atoms with Gasteiger partial charge in [0.25, 0.3) is 11.8 Å². The molecule has 6 heteroatoms. The molecule has 2 aromatic rings. The predicted octanol–water partition coefficient (Wildman–Crippen LogP) is 2.77. The summed E-state index contributed by atoms with van der Waals surface area (Å²) in [6, 6.07) is 9.48. The molecule has 2 unspecified atom stereocenters. The zero-order valence-corrected chi connectivity index (χ0v) is 15.7. The lowest BCUT2D eigenvalue weighted by molar-refractivity contribution is -0.178. The monoisotopic (exact) mass is 353 g/mol. The number of rotatable bonds is 3. The molecule has 0 aliphatic carbocycles. The van der Waals surface area contributed by atoms with Crippen molar-refractivity contribution in [2.24, 2.45) is 5.92 Å². The molecule has 1 aromatic carbocycles. The van der Waals surface area contributed by atoms with Crippen LogP contribution in [0.5, 0.6) is 0 Å². The number of fused-ring (bicyclic) bond motifs is 4. The Bertz CT molecular complexity index is 939. The second kappa shape index (κ2) is 5.27. The van der Waals surface area contributed by atoms with Crippen LogP contribution in [0.25, 0.3) is 10.9 Å². The van der Waals surface area contributed by atoms with E-state index in [2.05, 4.69) is 5.32 Å². The number of carbonyl (C=O) groups is 2. The summed E-state index contributed by atoms with van der Waals surface area (Å²) in [7, 11) is 0. The Labute approximate surface area is 152 Å². The number of aromatic nitrogens is 1. The fourth-order valence-corrected chi connectivity index (χ4v) is 3.94. The number of carbonyl (C=O) groups excluding carboxylic acids is 2. The van der Waals surface area contributed by atoms with Crippen LogP contribution in [0.1, 0.15) is 50.7 Å². The van der Waals surface area contributed by atoms with Gasteiger partial charge in [-0.25, -0.2) is 4.98 Å². The molecule has 136 valence electrons. The zero-order chi connectivity index (χ0) is 18.9. The molecule has 0 radical (unpaired) electrons. The van der Waals surface area contributed by atoms with Gasteiger partial charge in [0.05, 0.1) is 17.2 Å². The minimum atomic E-state index is -1.36. The SMILES string of the molecule is CC(C)OC12NC(=O)C(C)(C(C)C)N1C(=O)c1cc3ccccc3nc12. The summed E-state index contributed by atoms with van der Waals surface area (Å²) >= 11 is 0. The van der Waals surface area contributed by atoms with E-state index in [0.29, 0.717) is 11.3 Å². The first-order valence-corrected chi connectivity index (χ1v) is 8.97. The molecule has 1 fully saturated rings. The molecule has 1 N–H and O–H groups in total. The molecule has 2 atom stereocenters. The van der Waals surface area contributed by atoms with E-state index >= 15 is 0 Å².